The summed E-state index contributed by atoms with van der Waals surface area (Å²) < 4.78 is 5.70. The van der Waals surface area contributed by atoms with Gasteiger partial charge < -0.3 is 15.4 Å². The Bertz CT molecular complexity index is 830. The monoisotopic (exact) mass is 344 g/mol. The number of fused-ring (bicyclic) bond motifs is 1. The molecule has 0 spiro atoms. The number of amides is 2. The third-order valence-electron chi connectivity index (χ3n) is 3.85. The molecule has 0 bridgehead atoms. The second-order valence-electron chi connectivity index (χ2n) is 6.06. The molecule has 2 aromatic carbocycles. The van der Waals surface area contributed by atoms with Crippen LogP contribution in [-0.2, 0) is 9.59 Å². The molecule has 3 rings (SSSR count). The van der Waals surface area contributed by atoms with Crippen LogP contribution in [0.1, 0.15) is 18.1 Å². The smallest absolute Gasteiger partial charge is 0.278 e. The summed E-state index contributed by atoms with van der Waals surface area (Å²) in [6.07, 6.45) is 0. The van der Waals surface area contributed by atoms with E-state index in [2.05, 4.69) is 10.6 Å². The van der Waals surface area contributed by atoms with Gasteiger partial charge in [-0.15, -0.1) is 0 Å². The van der Waals surface area contributed by atoms with E-state index < -0.39 is 17.4 Å². The molecule has 0 saturated carbocycles. The summed E-state index contributed by atoms with van der Waals surface area (Å²) in [6.45, 7) is 5.32. The number of carbonyl (C=O) groups excluding carboxylic acids is 2. The third-order valence-corrected chi connectivity index (χ3v) is 4.09. The average molecular weight is 345 g/mol. The Morgan fingerprint density at radius 1 is 1.17 bits per heavy atom. The Balaban J connectivity index is 1.88. The number of hydrogen-bond donors (Lipinski definition) is 2. The average Bonchev–Trinajstić information content (AvgIpc) is 2.47. The van der Waals surface area contributed by atoms with E-state index in [0.29, 0.717) is 22.1 Å². The lowest BCUT2D eigenvalue weighted by atomic mass is 10.0. The minimum Gasteiger partial charge on any atom is -0.466 e. The van der Waals surface area contributed by atoms with Gasteiger partial charge in [-0.3, -0.25) is 9.59 Å². The van der Waals surface area contributed by atoms with Crippen molar-refractivity contribution in [1.29, 1.82) is 0 Å². The molecule has 0 aliphatic carbocycles. The second-order valence-corrected chi connectivity index (χ2v) is 6.50. The fourth-order valence-corrected chi connectivity index (χ4v) is 2.82. The standard InChI is InChI=1S/C18H17ClN2O3/c1-10-6-11(2)8-13(7-10)20-16(22)18(3)17(23)21-14-9-12(19)4-5-15(14)24-18/h4-9H,1-3H3,(H,20,22)(H,21,23). The molecule has 6 heteroatoms. The summed E-state index contributed by atoms with van der Waals surface area (Å²) in [5.74, 6) is -0.679. The zero-order valence-corrected chi connectivity index (χ0v) is 14.3. The minimum atomic E-state index is -1.67. The number of benzene rings is 2. The molecule has 0 fully saturated rings. The molecule has 1 atom stereocenters. The van der Waals surface area contributed by atoms with Crippen molar-refractivity contribution in [1.82, 2.24) is 0 Å². The summed E-state index contributed by atoms with van der Waals surface area (Å²) in [6, 6.07) is 10.5. The van der Waals surface area contributed by atoms with Crippen LogP contribution < -0.4 is 15.4 Å². The van der Waals surface area contributed by atoms with Crippen molar-refractivity contribution in [3.8, 4) is 5.75 Å². The molecule has 1 aliphatic heterocycles. The quantitative estimate of drug-likeness (QED) is 0.816. The van der Waals surface area contributed by atoms with Gasteiger partial charge in [-0.25, -0.2) is 0 Å². The molecule has 5 nitrogen and oxygen atoms in total. The molecular formula is C18H17ClN2O3. The van der Waals surface area contributed by atoms with Gasteiger partial charge >= 0.3 is 0 Å². The van der Waals surface area contributed by atoms with Crippen molar-refractivity contribution >= 4 is 34.8 Å². The van der Waals surface area contributed by atoms with Gasteiger partial charge in [-0.2, -0.15) is 0 Å². The first-order chi connectivity index (χ1) is 11.3. The van der Waals surface area contributed by atoms with E-state index in [9.17, 15) is 9.59 Å². The van der Waals surface area contributed by atoms with Gasteiger partial charge in [-0.1, -0.05) is 17.7 Å². The topological polar surface area (TPSA) is 67.4 Å². The van der Waals surface area contributed by atoms with Crippen LogP contribution in [0, 0.1) is 13.8 Å². The largest absolute Gasteiger partial charge is 0.466 e. The third kappa shape index (κ3) is 2.95. The molecule has 24 heavy (non-hydrogen) atoms. The van der Waals surface area contributed by atoms with E-state index in [1.807, 2.05) is 32.0 Å². The van der Waals surface area contributed by atoms with Crippen molar-refractivity contribution < 1.29 is 14.3 Å². The van der Waals surface area contributed by atoms with E-state index >= 15 is 0 Å². The summed E-state index contributed by atoms with van der Waals surface area (Å²) >= 11 is 5.91. The molecule has 2 amide bonds. The van der Waals surface area contributed by atoms with Crippen LogP contribution in [0.15, 0.2) is 36.4 Å². The number of carbonyl (C=O) groups is 2. The first-order valence-corrected chi connectivity index (χ1v) is 7.85. The van der Waals surface area contributed by atoms with Crippen molar-refractivity contribution in [2.75, 3.05) is 10.6 Å². The Morgan fingerprint density at radius 3 is 2.50 bits per heavy atom. The maximum Gasteiger partial charge on any atom is 0.278 e. The van der Waals surface area contributed by atoms with E-state index in [1.165, 1.54) is 6.92 Å². The van der Waals surface area contributed by atoms with Crippen molar-refractivity contribution in [3.05, 3.63) is 52.5 Å². The normalized spacial score (nSPS) is 19.1. The summed E-state index contributed by atoms with van der Waals surface area (Å²) in [5, 5.41) is 5.90. The van der Waals surface area contributed by atoms with Gasteiger partial charge in [0.15, 0.2) is 0 Å². The number of halogens is 1. The van der Waals surface area contributed by atoms with E-state index in [4.69, 9.17) is 16.3 Å². The molecule has 0 radical (unpaired) electrons. The highest BCUT2D eigenvalue weighted by atomic mass is 35.5. The maximum absolute atomic E-state index is 12.7. The SMILES string of the molecule is Cc1cc(C)cc(NC(=O)C2(C)Oc3ccc(Cl)cc3NC2=O)c1. The van der Waals surface area contributed by atoms with Gasteiger partial charge in [0.05, 0.1) is 5.69 Å². The molecule has 0 aromatic heterocycles. The predicted octanol–water partition coefficient (Wildman–Crippen LogP) is 3.69. The van der Waals surface area contributed by atoms with Crippen LogP contribution in [0.25, 0.3) is 0 Å². The number of rotatable bonds is 2. The zero-order valence-electron chi connectivity index (χ0n) is 13.6. The van der Waals surface area contributed by atoms with Gasteiger partial charge in [0, 0.05) is 10.7 Å². The maximum atomic E-state index is 12.7. The lowest BCUT2D eigenvalue weighted by Crippen LogP contribution is -2.56. The highest BCUT2D eigenvalue weighted by molar-refractivity contribution is 6.31. The first kappa shape index (κ1) is 16.3. The first-order valence-electron chi connectivity index (χ1n) is 7.48. The van der Waals surface area contributed by atoms with Crippen LogP contribution in [0.5, 0.6) is 5.75 Å². The lowest BCUT2D eigenvalue weighted by Gasteiger charge is -2.33. The molecule has 1 aliphatic rings. The number of aryl methyl sites for hydroxylation is 2. The predicted molar refractivity (Wildman–Crippen MR) is 93.7 cm³/mol. The second kappa shape index (κ2) is 5.83. The summed E-state index contributed by atoms with van der Waals surface area (Å²) in [7, 11) is 0. The highest BCUT2D eigenvalue weighted by Crippen LogP contribution is 2.36. The van der Waals surface area contributed by atoms with E-state index in [0.717, 1.165) is 11.1 Å². The van der Waals surface area contributed by atoms with Crippen LogP contribution in [-0.4, -0.2) is 17.4 Å². The molecule has 1 unspecified atom stereocenters. The number of anilines is 2. The van der Waals surface area contributed by atoms with Crippen LogP contribution in [0.4, 0.5) is 11.4 Å². The van der Waals surface area contributed by atoms with Crippen molar-refractivity contribution in [3.63, 3.8) is 0 Å². The number of nitrogens with one attached hydrogen (secondary N) is 2. The van der Waals surface area contributed by atoms with E-state index in [1.54, 1.807) is 18.2 Å². The minimum absolute atomic E-state index is 0.400. The fraction of sp³-hybridized carbons (Fsp3) is 0.222. The number of hydrogen-bond acceptors (Lipinski definition) is 3. The lowest BCUT2D eigenvalue weighted by molar-refractivity contribution is -0.143. The van der Waals surface area contributed by atoms with Gasteiger partial charge in [0.1, 0.15) is 5.75 Å². The van der Waals surface area contributed by atoms with Gasteiger partial charge in [-0.05, 0) is 62.2 Å². The van der Waals surface area contributed by atoms with E-state index in [-0.39, 0.29) is 0 Å². The molecule has 2 N–H and O–H groups in total. The molecule has 2 aromatic rings. The van der Waals surface area contributed by atoms with Gasteiger partial charge in [0.25, 0.3) is 17.4 Å². The zero-order chi connectivity index (χ0) is 17.5. The molecule has 0 saturated heterocycles. The Morgan fingerprint density at radius 2 is 1.83 bits per heavy atom. The van der Waals surface area contributed by atoms with Crippen LogP contribution >= 0.6 is 11.6 Å². The Kier molecular flexibility index (Phi) is 3.97. The molecule has 124 valence electrons. The van der Waals surface area contributed by atoms with Crippen LogP contribution in [0.3, 0.4) is 0 Å². The Labute approximate surface area is 145 Å². The summed E-state index contributed by atoms with van der Waals surface area (Å²) in [4.78, 5) is 25.1. The van der Waals surface area contributed by atoms with Crippen molar-refractivity contribution in [2.45, 2.75) is 26.4 Å². The highest BCUT2D eigenvalue weighted by Gasteiger charge is 2.47. The van der Waals surface area contributed by atoms with Crippen LogP contribution in [0.2, 0.25) is 5.02 Å². The summed E-state index contributed by atoms with van der Waals surface area (Å²) in [5.41, 5.74) is 1.44. The Hall–Kier alpha value is -2.53. The number of ether oxygens (including phenoxy) is 1. The van der Waals surface area contributed by atoms with Gasteiger partial charge in [0.2, 0.25) is 0 Å². The molecular weight excluding hydrogens is 328 g/mol. The molecule has 1 heterocycles. The van der Waals surface area contributed by atoms with Crippen molar-refractivity contribution in [2.24, 2.45) is 0 Å². The fourth-order valence-electron chi connectivity index (χ4n) is 2.64.